The van der Waals surface area contributed by atoms with Gasteiger partial charge in [0.05, 0.1) is 12.2 Å². The maximum Gasteiger partial charge on any atom is 0.303 e. The summed E-state index contributed by atoms with van der Waals surface area (Å²) in [6.45, 7) is 2.15. The van der Waals surface area contributed by atoms with Crippen LogP contribution in [0, 0.1) is 17.3 Å². The standard InChI is InChI=1S/C23H37FO4/c1-2-13-23(14-8-15-23)21(26)11-7-10-18-17(19(24)16-20(18)25)9-5-3-4-6-12-22(27)28/h3,5,7,10,17-21,25-26H,2,4,6,8-9,11-16H2,1H3,(H,27,28)/b5-3-,10-7+/t17-,18-,19+,20-,21?/m1/s1. The number of aliphatic hydroxyl groups is 2. The topological polar surface area (TPSA) is 77.8 Å². The summed E-state index contributed by atoms with van der Waals surface area (Å²) in [6, 6.07) is 0. The lowest BCUT2D eigenvalue weighted by atomic mass is 9.62. The summed E-state index contributed by atoms with van der Waals surface area (Å²) < 4.78 is 14.4. The molecule has 0 amide bonds. The van der Waals surface area contributed by atoms with Crippen LogP contribution in [0.4, 0.5) is 4.39 Å². The monoisotopic (exact) mass is 396 g/mol. The minimum Gasteiger partial charge on any atom is -0.481 e. The van der Waals surface area contributed by atoms with E-state index in [0.29, 0.717) is 25.7 Å². The molecule has 4 nitrogen and oxygen atoms in total. The summed E-state index contributed by atoms with van der Waals surface area (Å²) in [6.07, 6.45) is 13.8. The van der Waals surface area contributed by atoms with E-state index in [0.717, 1.165) is 25.7 Å². The van der Waals surface area contributed by atoms with E-state index < -0.39 is 18.2 Å². The van der Waals surface area contributed by atoms with E-state index in [4.69, 9.17) is 5.11 Å². The largest absolute Gasteiger partial charge is 0.481 e. The number of allylic oxidation sites excluding steroid dienone is 2. The Morgan fingerprint density at radius 1 is 1.29 bits per heavy atom. The number of alkyl halides is 1. The van der Waals surface area contributed by atoms with Gasteiger partial charge in [-0.1, -0.05) is 44.1 Å². The highest BCUT2D eigenvalue weighted by Gasteiger charge is 2.42. The van der Waals surface area contributed by atoms with Crippen LogP contribution in [0.3, 0.4) is 0 Å². The molecule has 2 fully saturated rings. The predicted octanol–water partition coefficient (Wildman–Crippen LogP) is 4.80. The van der Waals surface area contributed by atoms with Crippen molar-refractivity contribution in [3.63, 3.8) is 0 Å². The van der Waals surface area contributed by atoms with E-state index in [1.807, 2.05) is 24.3 Å². The molecule has 0 bridgehead atoms. The summed E-state index contributed by atoms with van der Waals surface area (Å²) in [5, 5.41) is 29.5. The molecule has 0 saturated heterocycles. The van der Waals surface area contributed by atoms with Gasteiger partial charge < -0.3 is 15.3 Å². The zero-order valence-electron chi connectivity index (χ0n) is 17.1. The van der Waals surface area contributed by atoms with Gasteiger partial charge in [-0.2, -0.15) is 0 Å². The average molecular weight is 397 g/mol. The molecule has 0 aromatic heterocycles. The summed E-state index contributed by atoms with van der Waals surface area (Å²) in [5.41, 5.74) is 0.0636. The molecule has 5 atom stereocenters. The third-order valence-electron chi connectivity index (χ3n) is 6.73. The SMILES string of the molecule is CCCC1(C(O)C/C=C/[C@@H]2[C@@H](C/C=C\CCCC(=O)O)[C@@H](F)C[C@H]2O)CCC1. The zero-order valence-corrected chi connectivity index (χ0v) is 17.1. The molecule has 3 N–H and O–H groups in total. The van der Waals surface area contributed by atoms with Crippen LogP contribution in [0.1, 0.15) is 77.6 Å². The molecule has 0 aliphatic heterocycles. The molecule has 2 rings (SSSR count). The highest BCUT2D eigenvalue weighted by molar-refractivity contribution is 5.66. The van der Waals surface area contributed by atoms with Gasteiger partial charge in [-0.3, -0.25) is 4.79 Å². The number of carboxylic acids is 1. The molecule has 0 spiro atoms. The number of halogens is 1. The molecule has 0 radical (unpaired) electrons. The van der Waals surface area contributed by atoms with Gasteiger partial charge >= 0.3 is 5.97 Å². The van der Waals surface area contributed by atoms with Gasteiger partial charge in [0.1, 0.15) is 6.17 Å². The molecule has 1 unspecified atom stereocenters. The minimum atomic E-state index is -1.03. The Kier molecular flexibility index (Phi) is 9.16. The Morgan fingerprint density at radius 3 is 2.64 bits per heavy atom. The highest BCUT2D eigenvalue weighted by atomic mass is 19.1. The number of carboxylic acid groups (broad SMARTS) is 1. The van der Waals surface area contributed by atoms with E-state index in [-0.39, 0.29) is 36.2 Å². The molecule has 2 aliphatic carbocycles. The second-order valence-electron chi connectivity index (χ2n) is 8.70. The number of hydrogen-bond acceptors (Lipinski definition) is 3. The van der Waals surface area contributed by atoms with Crippen molar-refractivity contribution in [2.45, 2.75) is 95.9 Å². The van der Waals surface area contributed by atoms with E-state index >= 15 is 0 Å². The molecule has 5 heteroatoms. The third kappa shape index (κ3) is 6.15. The van der Waals surface area contributed by atoms with Crippen molar-refractivity contribution in [3.8, 4) is 0 Å². The number of hydrogen-bond donors (Lipinski definition) is 3. The van der Waals surface area contributed by atoms with Crippen molar-refractivity contribution in [3.05, 3.63) is 24.3 Å². The molecule has 0 aromatic rings. The fourth-order valence-corrected chi connectivity index (χ4v) is 4.90. The van der Waals surface area contributed by atoms with Crippen LogP contribution < -0.4 is 0 Å². The molecule has 2 aliphatic rings. The molecular weight excluding hydrogens is 359 g/mol. The molecule has 28 heavy (non-hydrogen) atoms. The number of rotatable bonds is 12. The lowest BCUT2D eigenvalue weighted by Gasteiger charge is -2.45. The zero-order chi connectivity index (χ0) is 20.6. The first-order valence-electron chi connectivity index (χ1n) is 10.9. The summed E-state index contributed by atoms with van der Waals surface area (Å²) in [5.74, 6) is -1.28. The Bertz CT molecular complexity index is 541. The van der Waals surface area contributed by atoms with E-state index in [2.05, 4.69) is 6.92 Å². The smallest absolute Gasteiger partial charge is 0.303 e. The molecule has 2 saturated carbocycles. The van der Waals surface area contributed by atoms with Gasteiger partial charge in [0.25, 0.3) is 0 Å². The Balaban J connectivity index is 1.84. The number of unbranched alkanes of at least 4 members (excludes halogenated alkanes) is 1. The van der Waals surface area contributed by atoms with E-state index in [9.17, 15) is 19.4 Å². The molecule has 160 valence electrons. The van der Waals surface area contributed by atoms with Crippen molar-refractivity contribution in [2.24, 2.45) is 17.3 Å². The second kappa shape index (κ2) is 11.1. The number of aliphatic carboxylic acids is 1. The van der Waals surface area contributed by atoms with E-state index in [1.165, 1.54) is 6.42 Å². The Morgan fingerprint density at radius 2 is 2.04 bits per heavy atom. The minimum absolute atomic E-state index is 0.0636. The van der Waals surface area contributed by atoms with Crippen LogP contribution >= 0.6 is 0 Å². The number of aliphatic hydroxyl groups excluding tert-OH is 2. The van der Waals surface area contributed by atoms with Crippen LogP contribution in [-0.2, 0) is 4.79 Å². The number of carbonyl (C=O) groups is 1. The molecule has 0 heterocycles. The first-order chi connectivity index (χ1) is 13.4. The quantitative estimate of drug-likeness (QED) is 0.327. The maximum atomic E-state index is 14.4. The van der Waals surface area contributed by atoms with Crippen molar-refractivity contribution in [1.82, 2.24) is 0 Å². The Labute approximate surface area is 168 Å². The first-order valence-corrected chi connectivity index (χ1v) is 10.9. The van der Waals surface area contributed by atoms with Crippen molar-refractivity contribution >= 4 is 5.97 Å². The van der Waals surface area contributed by atoms with Crippen molar-refractivity contribution < 1.29 is 24.5 Å². The van der Waals surface area contributed by atoms with Crippen LogP contribution in [0.25, 0.3) is 0 Å². The summed E-state index contributed by atoms with van der Waals surface area (Å²) in [7, 11) is 0. The van der Waals surface area contributed by atoms with Gasteiger partial charge in [-0.05, 0) is 50.4 Å². The maximum absolute atomic E-state index is 14.4. The normalized spacial score (nSPS) is 30.7. The van der Waals surface area contributed by atoms with Gasteiger partial charge in [-0.25, -0.2) is 4.39 Å². The fourth-order valence-electron chi connectivity index (χ4n) is 4.90. The van der Waals surface area contributed by atoms with Crippen molar-refractivity contribution in [1.29, 1.82) is 0 Å². The van der Waals surface area contributed by atoms with Crippen molar-refractivity contribution in [2.75, 3.05) is 0 Å². The van der Waals surface area contributed by atoms with Gasteiger partial charge in [0.2, 0.25) is 0 Å². The average Bonchev–Trinajstić information content (AvgIpc) is 2.87. The highest BCUT2D eigenvalue weighted by Crippen LogP contribution is 2.48. The predicted molar refractivity (Wildman–Crippen MR) is 109 cm³/mol. The van der Waals surface area contributed by atoms with Crippen LogP contribution in [0.15, 0.2) is 24.3 Å². The molecular formula is C23H37FO4. The van der Waals surface area contributed by atoms with Crippen LogP contribution in [-0.4, -0.2) is 39.7 Å². The van der Waals surface area contributed by atoms with Gasteiger partial charge in [0.15, 0.2) is 0 Å². The lowest BCUT2D eigenvalue weighted by Crippen LogP contribution is -2.41. The van der Waals surface area contributed by atoms with Crippen LogP contribution in [0.2, 0.25) is 0 Å². The summed E-state index contributed by atoms with van der Waals surface area (Å²) in [4.78, 5) is 10.5. The lowest BCUT2D eigenvalue weighted by molar-refractivity contribution is -0.137. The molecule has 0 aromatic carbocycles. The van der Waals surface area contributed by atoms with Crippen LogP contribution in [0.5, 0.6) is 0 Å². The van der Waals surface area contributed by atoms with Gasteiger partial charge in [-0.15, -0.1) is 0 Å². The third-order valence-corrected chi connectivity index (χ3v) is 6.73. The fraction of sp³-hybridized carbons (Fsp3) is 0.783. The summed E-state index contributed by atoms with van der Waals surface area (Å²) >= 11 is 0. The first kappa shape index (κ1) is 23.1. The van der Waals surface area contributed by atoms with E-state index in [1.54, 1.807) is 0 Å². The van der Waals surface area contributed by atoms with Gasteiger partial charge in [0, 0.05) is 24.7 Å². The second-order valence-corrected chi connectivity index (χ2v) is 8.70. The Hall–Kier alpha value is -1.20.